The summed E-state index contributed by atoms with van der Waals surface area (Å²) in [5.41, 5.74) is 2.24. The summed E-state index contributed by atoms with van der Waals surface area (Å²) in [5.74, 6) is -1.26. The first-order chi connectivity index (χ1) is 22.4. The number of nitrogens with one attached hydrogen (secondary N) is 3. The molecule has 0 aliphatic rings. The molecule has 230 valence electrons. The van der Waals surface area contributed by atoms with Crippen LogP contribution in [-0.4, -0.2) is 24.8 Å². The van der Waals surface area contributed by atoms with E-state index in [1.54, 1.807) is 98.1 Å². The van der Waals surface area contributed by atoms with Crippen molar-refractivity contribution >= 4 is 46.9 Å². The molecule has 5 aromatic carbocycles. The maximum Gasteiger partial charge on any atom is 0.272 e. The Bertz CT molecular complexity index is 1850. The lowest BCUT2D eigenvalue weighted by Gasteiger charge is -2.18. The molecule has 3 amide bonds. The molecule has 0 fully saturated rings. The molecule has 1 atom stereocenters. The highest BCUT2D eigenvalue weighted by Crippen LogP contribution is 2.37. The second-order valence-corrected chi connectivity index (χ2v) is 11.2. The molecule has 0 heterocycles. The number of ether oxygens (including phenoxy) is 1. The van der Waals surface area contributed by atoms with Gasteiger partial charge in [0.25, 0.3) is 11.8 Å². The number of rotatable bonds is 11. The van der Waals surface area contributed by atoms with E-state index in [9.17, 15) is 18.8 Å². The molecule has 0 radical (unpaired) electrons. The molecule has 5 rings (SSSR count). The van der Waals surface area contributed by atoms with Crippen LogP contribution in [0.25, 0.3) is 6.08 Å². The van der Waals surface area contributed by atoms with E-state index in [1.165, 1.54) is 30.0 Å². The zero-order chi connectivity index (χ0) is 32.3. The minimum Gasteiger partial charge on any atom is -0.497 e. The van der Waals surface area contributed by atoms with Crippen LogP contribution in [-0.2, 0) is 9.59 Å². The van der Waals surface area contributed by atoms with Crippen LogP contribution < -0.4 is 20.7 Å². The molecular formula is C37H30FN3O4S. The van der Waals surface area contributed by atoms with Crippen LogP contribution in [0.4, 0.5) is 15.8 Å². The maximum absolute atomic E-state index is 14.5. The largest absolute Gasteiger partial charge is 0.497 e. The van der Waals surface area contributed by atoms with Crippen molar-refractivity contribution < 1.29 is 23.5 Å². The number of methoxy groups -OCH3 is 1. The minimum atomic E-state index is -0.632. The third-order valence-electron chi connectivity index (χ3n) is 6.78. The summed E-state index contributed by atoms with van der Waals surface area (Å²) < 4.78 is 19.7. The number of hydrogen-bond acceptors (Lipinski definition) is 5. The standard InChI is InChI=1S/C37H30FN3O4S/c1-45-30-17-10-16-29(24-30)40-37(44)34(25-11-4-2-5-12-25)46-31-21-19-28(20-22-31)39-36(43)33(23-27-15-8-9-18-32(27)38)41-35(42)26-13-6-3-7-14-26/h2-24,34H,1H3,(H,39,43)(H,40,44)(H,41,42)/b33-23-. The minimum absolute atomic E-state index is 0.129. The molecule has 0 spiro atoms. The molecule has 9 heteroatoms. The Balaban J connectivity index is 1.33. The van der Waals surface area contributed by atoms with Crippen molar-refractivity contribution in [3.8, 4) is 5.75 Å². The van der Waals surface area contributed by atoms with Gasteiger partial charge in [-0.25, -0.2) is 4.39 Å². The zero-order valence-electron chi connectivity index (χ0n) is 24.8. The molecule has 0 aromatic heterocycles. The van der Waals surface area contributed by atoms with Gasteiger partial charge in [-0.2, -0.15) is 0 Å². The van der Waals surface area contributed by atoms with Crippen molar-refractivity contribution in [3.05, 3.63) is 162 Å². The van der Waals surface area contributed by atoms with E-state index in [1.807, 2.05) is 30.3 Å². The molecule has 0 aliphatic heterocycles. The predicted octanol–water partition coefficient (Wildman–Crippen LogP) is 7.72. The molecule has 0 saturated heterocycles. The Labute approximate surface area is 270 Å². The monoisotopic (exact) mass is 631 g/mol. The summed E-state index contributed by atoms with van der Waals surface area (Å²) in [6.45, 7) is 0. The van der Waals surface area contributed by atoms with Crippen molar-refractivity contribution in [2.45, 2.75) is 10.1 Å². The van der Waals surface area contributed by atoms with Crippen LogP contribution in [0.2, 0.25) is 0 Å². The fourth-order valence-corrected chi connectivity index (χ4v) is 5.48. The van der Waals surface area contributed by atoms with Crippen LogP contribution in [0.1, 0.15) is 26.7 Å². The lowest BCUT2D eigenvalue weighted by Crippen LogP contribution is -2.30. The SMILES string of the molecule is COc1cccc(NC(=O)C(Sc2ccc(NC(=O)/C(=C/c3ccccc3F)NC(=O)c3ccccc3)cc2)c2ccccc2)c1. The fourth-order valence-electron chi connectivity index (χ4n) is 4.45. The van der Waals surface area contributed by atoms with E-state index < -0.39 is 22.9 Å². The third kappa shape index (κ3) is 8.49. The van der Waals surface area contributed by atoms with Crippen molar-refractivity contribution in [2.24, 2.45) is 0 Å². The Morgan fingerprint density at radius 2 is 1.41 bits per heavy atom. The average molecular weight is 632 g/mol. The smallest absolute Gasteiger partial charge is 0.272 e. The van der Waals surface area contributed by atoms with Gasteiger partial charge in [0, 0.05) is 33.5 Å². The van der Waals surface area contributed by atoms with Crippen molar-refractivity contribution in [1.29, 1.82) is 0 Å². The summed E-state index contributed by atoms with van der Waals surface area (Å²) in [7, 11) is 1.57. The molecule has 0 saturated carbocycles. The first-order valence-corrected chi connectivity index (χ1v) is 15.2. The number of carbonyl (C=O) groups excluding carboxylic acids is 3. The normalized spacial score (nSPS) is 11.7. The molecule has 46 heavy (non-hydrogen) atoms. The number of carbonyl (C=O) groups is 3. The van der Waals surface area contributed by atoms with Gasteiger partial charge in [0.2, 0.25) is 5.91 Å². The number of thioether (sulfide) groups is 1. The quantitative estimate of drug-likeness (QED) is 0.103. The van der Waals surface area contributed by atoms with Crippen LogP contribution in [0, 0.1) is 5.82 Å². The van der Waals surface area contributed by atoms with E-state index in [2.05, 4.69) is 16.0 Å². The fraction of sp³-hybridized carbons (Fsp3) is 0.0541. The molecule has 3 N–H and O–H groups in total. The Morgan fingerprint density at radius 1 is 0.739 bits per heavy atom. The first-order valence-electron chi connectivity index (χ1n) is 14.3. The topological polar surface area (TPSA) is 96.5 Å². The van der Waals surface area contributed by atoms with Crippen molar-refractivity contribution in [1.82, 2.24) is 5.32 Å². The van der Waals surface area contributed by atoms with Gasteiger partial charge in [-0.15, -0.1) is 11.8 Å². The third-order valence-corrected chi connectivity index (χ3v) is 8.04. The molecule has 7 nitrogen and oxygen atoms in total. The Morgan fingerprint density at radius 3 is 2.11 bits per heavy atom. The molecular weight excluding hydrogens is 601 g/mol. The highest BCUT2D eigenvalue weighted by atomic mass is 32.2. The van der Waals surface area contributed by atoms with Crippen LogP contribution in [0.15, 0.2) is 144 Å². The summed E-state index contributed by atoms with van der Waals surface area (Å²) in [5, 5.41) is 7.78. The summed E-state index contributed by atoms with van der Waals surface area (Å²) in [6.07, 6.45) is 1.29. The van der Waals surface area contributed by atoms with E-state index in [4.69, 9.17) is 4.74 Å². The van der Waals surface area contributed by atoms with Crippen LogP contribution in [0.3, 0.4) is 0 Å². The second kappa shape index (κ2) is 15.4. The van der Waals surface area contributed by atoms with E-state index >= 15 is 0 Å². The highest BCUT2D eigenvalue weighted by Gasteiger charge is 2.23. The predicted molar refractivity (Wildman–Crippen MR) is 180 cm³/mol. The van der Waals surface area contributed by atoms with Gasteiger partial charge in [0.1, 0.15) is 22.5 Å². The number of amides is 3. The van der Waals surface area contributed by atoms with Gasteiger partial charge in [-0.1, -0.05) is 72.8 Å². The summed E-state index contributed by atoms with van der Waals surface area (Å²) in [6, 6.07) is 37.9. The molecule has 0 aliphatic carbocycles. The lowest BCUT2D eigenvalue weighted by atomic mass is 10.1. The second-order valence-electron chi connectivity index (χ2n) is 10.0. The van der Waals surface area contributed by atoms with Gasteiger partial charge in [0.15, 0.2) is 0 Å². The number of hydrogen-bond donors (Lipinski definition) is 3. The van der Waals surface area contributed by atoms with Gasteiger partial charge < -0.3 is 20.7 Å². The van der Waals surface area contributed by atoms with Crippen molar-refractivity contribution in [2.75, 3.05) is 17.7 Å². The van der Waals surface area contributed by atoms with Gasteiger partial charge >= 0.3 is 0 Å². The number of anilines is 2. The van der Waals surface area contributed by atoms with Crippen molar-refractivity contribution in [3.63, 3.8) is 0 Å². The van der Waals surface area contributed by atoms with E-state index in [0.29, 0.717) is 22.7 Å². The average Bonchev–Trinajstić information content (AvgIpc) is 3.09. The van der Waals surface area contributed by atoms with E-state index in [-0.39, 0.29) is 17.2 Å². The van der Waals surface area contributed by atoms with Gasteiger partial charge in [-0.3, -0.25) is 14.4 Å². The summed E-state index contributed by atoms with van der Waals surface area (Å²) >= 11 is 1.36. The van der Waals surface area contributed by atoms with Gasteiger partial charge in [0.05, 0.1) is 7.11 Å². The Hall–Kier alpha value is -5.67. The first kappa shape index (κ1) is 31.7. The van der Waals surface area contributed by atoms with Crippen LogP contribution in [0.5, 0.6) is 5.75 Å². The van der Waals surface area contributed by atoms with Crippen LogP contribution >= 0.6 is 11.8 Å². The molecule has 0 bridgehead atoms. The van der Waals surface area contributed by atoms with Gasteiger partial charge in [-0.05, 0) is 66.2 Å². The Kier molecular flexibility index (Phi) is 10.6. The molecule has 5 aromatic rings. The zero-order valence-corrected chi connectivity index (χ0v) is 25.6. The molecule has 1 unspecified atom stereocenters. The highest BCUT2D eigenvalue weighted by molar-refractivity contribution is 8.00. The maximum atomic E-state index is 14.5. The lowest BCUT2D eigenvalue weighted by molar-refractivity contribution is -0.116. The number of halogens is 1. The van der Waals surface area contributed by atoms with E-state index in [0.717, 1.165) is 10.5 Å². The number of benzene rings is 5. The summed E-state index contributed by atoms with van der Waals surface area (Å²) in [4.78, 5) is 40.5.